The van der Waals surface area contributed by atoms with Crippen molar-refractivity contribution >= 4 is 34.5 Å². The summed E-state index contributed by atoms with van der Waals surface area (Å²) in [5.74, 6) is 1.92. The lowest BCUT2D eigenvalue weighted by molar-refractivity contribution is 0.102. The van der Waals surface area contributed by atoms with E-state index in [1.807, 2.05) is 43.9 Å². The number of pyridine rings is 2. The molecule has 1 amide bonds. The van der Waals surface area contributed by atoms with Crippen molar-refractivity contribution in [3.05, 3.63) is 51.1 Å². The van der Waals surface area contributed by atoms with E-state index in [9.17, 15) is 9.59 Å². The van der Waals surface area contributed by atoms with Crippen LogP contribution in [0.1, 0.15) is 55.0 Å². The predicted octanol–water partition coefficient (Wildman–Crippen LogP) is 3.68. The van der Waals surface area contributed by atoms with E-state index in [1.165, 1.54) is 0 Å². The standard InChI is InChI=1S/C21H25N5O2S/c1-6-25-9-14(17(27)13-8-7-12(2)22-18(13)25)20(28)23-19-15-10-29-11-16(15)24-26(19)21(3,4)5/h7-9H,6,10-11H2,1-5H3,(H,23,28). The number of carbonyl (C=O) groups is 1. The highest BCUT2D eigenvalue weighted by Crippen LogP contribution is 2.37. The third kappa shape index (κ3) is 3.35. The van der Waals surface area contributed by atoms with Gasteiger partial charge in [-0.05, 0) is 46.8 Å². The van der Waals surface area contributed by atoms with Crippen LogP contribution < -0.4 is 10.7 Å². The maximum absolute atomic E-state index is 13.2. The Hall–Kier alpha value is -2.61. The highest BCUT2D eigenvalue weighted by molar-refractivity contribution is 7.98. The van der Waals surface area contributed by atoms with Crippen LogP contribution in [0.15, 0.2) is 23.1 Å². The first-order valence-electron chi connectivity index (χ1n) is 9.72. The topological polar surface area (TPSA) is 81.8 Å². The molecule has 8 heteroatoms. The molecule has 0 aliphatic carbocycles. The van der Waals surface area contributed by atoms with Gasteiger partial charge in [-0.2, -0.15) is 16.9 Å². The molecule has 1 aliphatic rings. The number of carbonyl (C=O) groups excluding carboxylic acids is 1. The average molecular weight is 412 g/mol. The van der Waals surface area contributed by atoms with Crippen LogP contribution in [0.3, 0.4) is 0 Å². The van der Waals surface area contributed by atoms with Crippen LogP contribution in [0.2, 0.25) is 0 Å². The quantitative estimate of drug-likeness (QED) is 0.711. The fourth-order valence-electron chi connectivity index (χ4n) is 3.56. The first-order valence-corrected chi connectivity index (χ1v) is 10.9. The predicted molar refractivity (Wildman–Crippen MR) is 117 cm³/mol. The zero-order valence-corrected chi connectivity index (χ0v) is 18.2. The molecule has 4 heterocycles. The van der Waals surface area contributed by atoms with Crippen LogP contribution in [0.5, 0.6) is 0 Å². The molecule has 4 rings (SSSR count). The average Bonchev–Trinajstić information content (AvgIpc) is 3.24. The van der Waals surface area contributed by atoms with Gasteiger partial charge in [0.25, 0.3) is 5.91 Å². The molecule has 0 saturated carbocycles. The summed E-state index contributed by atoms with van der Waals surface area (Å²) >= 11 is 1.78. The zero-order chi connectivity index (χ0) is 20.9. The molecule has 0 radical (unpaired) electrons. The Morgan fingerprint density at radius 3 is 2.72 bits per heavy atom. The molecule has 1 N–H and O–H groups in total. The van der Waals surface area contributed by atoms with Gasteiger partial charge in [-0.15, -0.1) is 0 Å². The van der Waals surface area contributed by atoms with Crippen molar-refractivity contribution in [2.45, 2.75) is 58.2 Å². The molecular formula is C21H25N5O2S. The van der Waals surface area contributed by atoms with Crippen molar-refractivity contribution in [1.29, 1.82) is 0 Å². The number of hydrogen-bond acceptors (Lipinski definition) is 5. The van der Waals surface area contributed by atoms with E-state index in [0.29, 0.717) is 23.4 Å². The van der Waals surface area contributed by atoms with Crippen molar-refractivity contribution in [1.82, 2.24) is 19.3 Å². The number of aromatic nitrogens is 4. The van der Waals surface area contributed by atoms with Gasteiger partial charge in [0.1, 0.15) is 17.0 Å². The number of hydrogen-bond donors (Lipinski definition) is 1. The highest BCUT2D eigenvalue weighted by atomic mass is 32.2. The second kappa shape index (κ2) is 7.02. The van der Waals surface area contributed by atoms with Gasteiger partial charge < -0.3 is 9.88 Å². The Morgan fingerprint density at radius 1 is 1.28 bits per heavy atom. The monoisotopic (exact) mass is 411 g/mol. The molecule has 1 aliphatic heterocycles. The molecule has 3 aromatic heterocycles. The van der Waals surface area contributed by atoms with Crippen LogP contribution >= 0.6 is 11.8 Å². The maximum Gasteiger partial charge on any atom is 0.262 e. The lowest BCUT2D eigenvalue weighted by atomic mass is 10.1. The third-order valence-corrected chi connectivity index (χ3v) is 6.04. The molecular weight excluding hydrogens is 386 g/mol. The summed E-state index contributed by atoms with van der Waals surface area (Å²) in [5, 5.41) is 8.16. The van der Waals surface area contributed by atoms with Gasteiger partial charge in [-0.1, -0.05) is 0 Å². The van der Waals surface area contributed by atoms with Crippen molar-refractivity contribution in [3.8, 4) is 0 Å². The van der Waals surface area contributed by atoms with E-state index in [0.717, 1.165) is 28.5 Å². The summed E-state index contributed by atoms with van der Waals surface area (Å²) in [6.07, 6.45) is 1.61. The fourth-order valence-corrected chi connectivity index (χ4v) is 4.60. The molecule has 0 unspecified atom stereocenters. The number of anilines is 1. The number of aryl methyl sites for hydroxylation is 2. The summed E-state index contributed by atoms with van der Waals surface area (Å²) in [6.45, 7) is 10.6. The van der Waals surface area contributed by atoms with Crippen LogP contribution in [-0.2, 0) is 23.6 Å². The first-order chi connectivity index (χ1) is 13.7. The SMILES string of the molecule is CCn1cc(C(=O)Nc2c3c(nn2C(C)(C)C)CSC3)c(=O)c2ccc(C)nc21. The molecule has 29 heavy (non-hydrogen) atoms. The molecule has 0 spiro atoms. The zero-order valence-electron chi connectivity index (χ0n) is 17.4. The minimum Gasteiger partial charge on any atom is -0.332 e. The molecule has 0 bridgehead atoms. The summed E-state index contributed by atoms with van der Waals surface area (Å²) in [5.41, 5.74) is 3.01. The molecule has 7 nitrogen and oxygen atoms in total. The van der Waals surface area contributed by atoms with Gasteiger partial charge >= 0.3 is 0 Å². The van der Waals surface area contributed by atoms with Crippen LogP contribution in [0.4, 0.5) is 5.82 Å². The Bertz CT molecular complexity index is 1190. The van der Waals surface area contributed by atoms with Gasteiger partial charge in [0.2, 0.25) is 5.43 Å². The molecule has 0 saturated heterocycles. The van der Waals surface area contributed by atoms with E-state index in [2.05, 4.69) is 10.3 Å². The van der Waals surface area contributed by atoms with E-state index in [4.69, 9.17) is 5.10 Å². The second-order valence-corrected chi connectivity index (χ2v) is 9.27. The van der Waals surface area contributed by atoms with Crippen LogP contribution in [0, 0.1) is 6.92 Å². The number of fused-ring (bicyclic) bond motifs is 2. The summed E-state index contributed by atoms with van der Waals surface area (Å²) in [4.78, 5) is 30.7. The normalized spacial score (nSPS) is 13.7. The van der Waals surface area contributed by atoms with Crippen molar-refractivity contribution in [3.63, 3.8) is 0 Å². The maximum atomic E-state index is 13.2. The Kier molecular flexibility index (Phi) is 4.77. The fraction of sp³-hybridized carbons (Fsp3) is 0.429. The van der Waals surface area contributed by atoms with E-state index >= 15 is 0 Å². The first kappa shape index (κ1) is 19.7. The van der Waals surface area contributed by atoms with Crippen LogP contribution in [0.25, 0.3) is 11.0 Å². The lowest BCUT2D eigenvalue weighted by Gasteiger charge is -2.23. The molecule has 3 aromatic rings. The van der Waals surface area contributed by atoms with Gasteiger partial charge in [-0.3, -0.25) is 9.59 Å². The third-order valence-electron chi connectivity index (χ3n) is 5.07. The number of nitrogens with zero attached hydrogens (tertiary/aromatic N) is 4. The Morgan fingerprint density at radius 2 is 2.03 bits per heavy atom. The summed E-state index contributed by atoms with van der Waals surface area (Å²) < 4.78 is 3.71. The molecule has 152 valence electrons. The number of thioether (sulfide) groups is 1. The molecule has 0 aromatic carbocycles. The Labute approximate surface area is 173 Å². The van der Waals surface area contributed by atoms with Crippen LogP contribution in [-0.4, -0.2) is 25.2 Å². The minimum atomic E-state index is -0.412. The van der Waals surface area contributed by atoms with Crippen molar-refractivity contribution in [2.24, 2.45) is 0 Å². The van der Waals surface area contributed by atoms with Gasteiger partial charge in [0.15, 0.2) is 0 Å². The van der Waals surface area contributed by atoms with Crippen molar-refractivity contribution in [2.75, 3.05) is 5.32 Å². The molecule has 0 atom stereocenters. The smallest absolute Gasteiger partial charge is 0.262 e. The lowest BCUT2D eigenvalue weighted by Crippen LogP contribution is -2.29. The summed E-state index contributed by atoms with van der Waals surface area (Å²) in [6, 6.07) is 3.54. The Balaban J connectivity index is 1.81. The van der Waals surface area contributed by atoms with Gasteiger partial charge in [-0.25, -0.2) is 9.67 Å². The summed E-state index contributed by atoms with van der Waals surface area (Å²) in [7, 11) is 0. The number of nitrogens with one attached hydrogen (secondary N) is 1. The molecule has 0 fully saturated rings. The number of rotatable bonds is 3. The highest BCUT2D eigenvalue weighted by Gasteiger charge is 2.29. The minimum absolute atomic E-state index is 0.117. The van der Waals surface area contributed by atoms with Gasteiger partial charge in [0, 0.05) is 35.5 Å². The van der Waals surface area contributed by atoms with Gasteiger partial charge in [0.05, 0.1) is 16.6 Å². The van der Waals surface area contributed by atoms with Crippen molar-refractivity contribution < 1.29 is 4.79 Å². The van der Waals surface area contributed by atoms with E-state index in [1.54, 1.807) is 30.1 Å². The van der Waals surface area contributed by atoms with E-state index < -0.39 is 5.91 Å². The number of amides is 1. The second-order valence-electron chi connectivity index (χ2n) is 8.29. The van der Waals surface area contributed by atoms with E-state index in [-0.39, 0.29) is 16.5 Å². The largest absolute Gasteiger partial charge is 0.332 e.